The molecule has 1 N–H and O–H groups in total. The van der Waals surface area contributed by atoms with E-state index in [-0.39, 0.29) is 0 Å². The van der Waals surface area contributed by atoms with Crippen molar-refractivity contribution in [1.82, 2.24) is 5.16 Å². The molecule has 0 saturated carbocycles. The summed E-state index contributed by atoms with van der Waals surface area (Å²) in [6.45, 7) is 0. The van der Waals surface area contributed by atoms with Gasteiger partial charge in [0, 0.05) is 24.7 Å². The second-order valence-corrected chi connectivity index (χ2v) is 6.80. The molecule has 2 aromatic carbocycles. The SMILES string of the molecule is CSc1cccc(NC(=O)N(S)c2noc3cccc(N(C)C)c23)c1. The number of thiol groups is 1. The molecule has 0 fully saturated rings. The Balaban J connectivity index is 1.91. The van der Waals surface area contributed by atoms with Crippen LogP contribution in [-0.4, -0.2) is 31.5 Å². The fourth-order valence-corrected chi connectivity index (χ4v) is 3.10. The van der Waals surface area contributed by atoms with Crippen LogP contribution in [0.3, 0.4) is 0 Å². The lowest BCUT2D eigenvalue weighted by Gasteiger charge is -2.17. The van der Waals surface area contributed by atoms with Crippen molar-refractivity contribution in [3.8, 4) is 0 Å². The molecule has 130 valence electrons. The lowest BCUT2D eigenvalue weighted by atomic mass is 10.2. The first-order valence-electron chi connectivity index (χ1n) is 7.51. The van der Waals surface area contributed by atoms with Gasteiger partial charge in [-0.3, -0.25) is 0 Å². The largest absolute Gasteiger partial charge is 0.377 e. The van der Waals surface area contributed by atoms with Crippen LogP contribution in [0.25, 0.3) is 11.0 Å². The molecule has 0 bridgehead atoms. The highest BCUT2D eigenvalue weighted by Gasteiger charge is 2.22. The van der Waals surface area contributed by atoms with Gasteiger partial charge in [0.15, 0.2) is 11.4 Å². The van der Waals surface area contributed by atoms with Crippen LogP contribution in [0.2, 0.25) is 0 Å². The van der Waals surface area contributed by atoms with Gasteiger partial charge in [0.1, 0.15) is 0 Å². The molecule has 0 atom stereocenters. The van der Waals surface area contributed by atoms with Crippen molar-refractivity contribution in [2.75, 3.05) is 34.9 Å². The van der Waals surface area contributed by atoms with E-state index in [0.717, 1.165) is 20.3 Å². The van der Waals surface area contributed by atoms with Crippen molar-refractivity contribution in [2.45, 2.75) is 4.90 Å². The average molecular weight is 374 g/mol. The molecule has 0 spiro atoms. The quantitative estimate of drug-likeness (QED) is 0.520. The number of thioether (sulfide) groups is 1. The molecule has 8 heteroatoms. The lowest BCUT2D eigenvalue weighted by Crippen LogP contribution is -2.27. The van der Waals surface area contributed by atoms with Crippen LogP contribution in [0.15, 0.2) is 51.9 Å². The van der Waals surface area contributed by atoms with Crippen LogP contribution in [0, 0.1) is 0 Å². The first kappa shape index (κ1) is 17.5. The molecule has 0 unspecified atom stereocenters. The number of aromatic nitrogens is 1. The molecule has 0 aliphatic carbocycles. The van der Waals surface area contributed by atoms with Crippen LogP contribution in [0.1, 0.15) is 0 Å². The third kappa shape index (κ3) is 3.54. The van der Waals surface area contributed by atoms with Gasteiger partial charge in [-0.1, -0.05) is 30.1 Å². The molecule has 1 heterocycles. The molecule has 3 aromatic rings. The zero-order valence-corrected chi connectivity index (χ0v) is 15.8. The van der Waals surface area contributed by atoms with Gasteiger partial charge < -0.3 is 14.7 Å². The molecule has 3 rings (SSSR count). The first-order chi connectivity index (χ1) is 12.0. The summed E-state index contributed by atoms with van der Waals surface area (Å²) >= 11 is 5.93. The fraction of sp³-hybridized carbons (Fsp3) is 0.176. The number of hydrogen-bond donors (Lipinski definition) is 2. The minimum Gasteiger partial charge on any atom is -0.377 e. The second-order valence-electron chi connectivity index (χ2n) is 5.52. The van der Waals surface area contributed by atoms with Gasteiger partial charge in [0.2, 0.25) is 0 Å². The number of nitrogens with one attached hydrogen (secondary N) is 1. The van der Waals surface area contributed by atoms with E-state index in [1.54, 1.807) is 17.8 Å². The molecule has 25 heavy (non-hydrogen) atoms. The van der Waals surface area contributed by atoms with Crippen molar-refractivity contribution < 1.29 is 9.32 Å². The van der Waals surface area contributed by atoms with Crippen molar-refractivity contribution in [3.05, 3.63) is 42.5 Å². The summed E-state index contributed by atoms with van der Waals surface area (Å²) in [6.07, 6.45) is 1.98. The summed E-state index contributed by atoms with van der Waals surface area (Å²) in [4.78, 5) is 15.6. The highest BCUT2D eigenvalue weighted by atomic mass is 32.2. The number of benzene rings is 2. The molecule has 1 aromatic heterocycles. The number of hydrogen-bond acceptors (Lipinski definition) is 6. The Labute approximate surface area is 155 Å². The van der Waals surface area contributed by atoms with Crippen LogP contribution < -0.4 is 14.5 Å². The number of rotatable bonds is 4. The van der Waals surface area contributed by atoms with Gasteiger partial charge in [-0.25, -0.2) is 9.10 Å². The third-order valence-electron chi connectivity index (χ3n) is 3.65. The van der Waals surface area contributed by atoms with Crippen LogP contribution >= 0.6 is 24.6 Å². The molecule has 0 radical (unpaired) electrons. The van der Waals surface area contributed by atoms with E-state index in [4.69, 9.17) is 4.52 Å². The number of amides is 2. The minimum absolute atomic E-state index is 0.348. The Morgan fingerprint density at radius 1 is 1.24 bits per heavy atom. The average Bonchev–Trinajstić information content (AvgIpc) is 3.05. The third-order valence-corrected chi connectivity index (χ3v) is 4.75. The molecule has 0 aliphatic rings. The summed E-state index contributed by atoms with van der Waals surface area (Å²) in [7, 11) is 3.84. The first-order valence-corrected chi connectivity index (χ1v) is 9.13. The van der Waals surface area contributed by atoms with Gasteiger partial charge in [0.25, 0.3) is 0 Å². The summed E-state index contributed by atoms with van der Waals surface area (Å²) in [5, 5.41) is 7.57. The molecule has 2 amide bonds. The minimum atomic E-state index is -0.412. The summed E-state index contributed by atoms with van der Waals surface area (Å²) in [5.41, 5.74) is 2.18. The molecule has 0 aliphatic heterocycles. The molecule has 0 saturated heterocycles. The van der Waals surface area contributed by atoms with Crippen LogP contribution in [-0.2, 0) is 0 Å². The maximum atomic E-state index is 12.6. The number of fused-ring (bicyclic) bond motifs is 1. The number of anilines is 3. The van der Waals surface area contributed by atoms with Gasteiger partial charge >= 0.3 is 6.03 Å². The maximum absolute atomic E-state index is 12.6. The van der Waals surface area contributed by atoms with Gasteiger partial charge in [-0.2, -0.15) is 0 Å². The van der Waals surface area contributed by atoms with Gasteiger partial charge in [-0.05, 0) is 36.6 Å². The standard InChI is InChI=1S/C17H18N4O2S2/c1-20(2)13-8-5-9-14-15(13)16(19-23-14)21(24)17(22)18-11-6-4-7-12(10-11)25-3/h4-10,24H,1-3H3,(H,18,22). The van der Waals surface area contributed by atoms with Gasteiger partial charge in [-0.15, -0.1) is 11.8 Å². The van der Waals surface area contributed by atoms with E-state index in [2.05, 4.69) is 23.3 Å². The molecular weight excluding hydrogens is 356 g/mol. The second kappa shape index (κ2) is 7.28. The predicted molar refractivity (Wildman–Crippen MR) is 107 cm³/mol. The Kier molecular flexibility index (Phi) is 5.10. The Morgan fingerprint density at radius 2 is 2.00 bits per heavy atom. The zero-order valence-electron chi connectivity index (χ0n) is 14.1. The van der Waals surface area contributed by atoms with E-state index in [0.29, 0.717) is 17.1 Å². The van der Waals surface area contributed by atoms with E-state index in [9.17, 15) is 4.79 Å². The van der Waals surface area contributed by atoms with Crippen molar-refractivity contribution in [3.63, 3.8) is 0 Å². The summed E-state index contributed by atoms with van der Waals surface area (Å²) in [6, 6.07) is 12.8. The summed E-state index contributed by atoms with van der Waals surface area (Å²) in [5.74, 6) is 0.348. The monoisotopic (exact) mass is 374 g/mol. The van der Waals surface area contributed by atoms with Crippen LogP contribution in [0.4, 0.5) is 22.0 Å². The molecule has 6 nitrogen and oxygen atoms in total. The Morgan fingerprint density at radius 3 is 2.72 bits per heavy atom. The van der Waals surface area contributed by atoms with E-state index < -0.39 is 6.03 Å². The van der Waals surface area contributed by atoms with E-state index in [1.807, 2.05) is 61.6 Å². The normalized spacial score (nSPS) is 10.7. The Hall–Kier alpha value is -2.32. The van der Waals surface area contributed by atoms with E-state index in [1.165, 1.54) is 0 Å². The topological polar surface area (TPSA) is 61.6 Å². The fourth-order valence-electron chi connectivity index (χ4n) is 2.45. The highest BCUT2D eigenvalue weighted by molar-refractivity contribution is 7.98. The lowest BCUT2D eigenvalue weighted by molar-refractivity contribution is 0.260. The van der Waals surface area contributed by atoms with Gasteiger partial charge in [0.05, 0.1) is 11.1 Å². The molecular formula is C17H18N4O2S2. The van der Waals surface area contributed by atoms with Crippen molar-refractivity contribution in [2.24, 2.45) is 0 Å². The van der Waals surface area contributed by atoms with Crippen molar-refractivity contribution >= 4 is 58.8 Å². The van der Waals surface area contributed by atoms with Crippen molar-refractivity contribution in [1.29, 1.82) is 0 Å². The number of urea groups is 1. The predicted octanol–water partition coefficient (Wildman–Crippen LogP) is 4.50. The Bertz CT molecular complexity index is 911. The number of carbonyl (C=O) groups excluding carboxylic acids is 1. The zero-order chi connectivity index (χ0) is 18.0. The number of carbonyl (C=O) groups is 1. The number of nitrogens with zero attached hydrogens (tertiary/aromatic N) is 3. The van der Waals surface area contributed by atoms with Crippen LogP contribution in [0.5, 0.6) is 0 Å². The maximum Gasteiger partial charge on any atom is 0.337 e. The highest BCUT2D eigenvalue weighted by Crippen LogP contribution is 2.35. The summed E-state index contributed by atoms with van der Waals surface area (Å²) < 4.78 is 6.50. The smallest absolute Gasteiger partial charge is 0.337 e. The van der Waals surface area contributed by atoms with E-state index >= 15 is 0 Å².